The van der Waals surface area contributed by atoms with Gasteiger partial charge in [0.15, 0.2) is 0 Å². The van der Waals surface area contributed by atoms with Gasteiger partial charge in [0.25, 0.3) is 5.91 Å². The minimum absolute atomic E-state index is 0.0965. The number of nitrogens with zero attached hydrogens (tertiary/aromatic N) is 3. The maximum absolute atomic E-state index is 12.8. The van der Waals surface area contributed by atoms with E-state index in [0.717, 1.165) is 70.4 Å². The Hall–Kier alpha value is -1.82. The Labute approximate surface area is 169 Å². The third-order valence-corrected chi connectivity index (χ3v) is 6.56. The predicted molar refractivity (Wildman–Crippen MR) is 111 cm³/mol. The van der Waals surface area contributed by atoms with Crippen molar-refractivity contribution in [2.24, 2.45) is 5.92 Å². The van der Waals surface area contributed by atoms with Gasteiger partial charge in [0, 0.05) is 38.3 Å². The number of carbonyl (C=O) groups is 2. The number of likely N-dealkylation sites (tertiary alicyclic amines) is 2. The van der Waals surface area contributed by atoms with E-state index in [2.05, 4.69) is 23.9 Å². The standard InChI is InChI=1S/C22H36N4O2/c1-4-18-8-9-20(23-18)22(28)26-13-5-6-17(16-26)7-10-21(27)25(3)19-11-14-24(2)15-12-19/h8-9,17,19,23H,4-7,10-16H2,1-3H3/t17-/m0/s1. The second-order valence-electron chi connectivity index (χ2n) is 8.59. The van der Waals surface area contributed by atoms with Crippen molar-refractivity contribution in [1.82, 2.24) is 19.7 Å². The van der Waals surface area contributed by atoms with Crippen LogP contribution in [0.2, 0.25) is 0 Å². The molecule has 1 N–H and O–H groups in total. The minimum atomic E-state index is 0.0965. The summed E-state index contributed by atoms with van der Waals surface area (Å²) in [4.78, 5) is 34.9. The number of carbonyl (C=O) groups excluding carboxylic acids is 2. The normalized spacial score (nSPS) is 21.7. The summed E-state index contributed by atoms with van der Waals surface area (Å²) in [5.74, 6) is 0.780. The zero-order chi connectivity index (χ0) is 20.1. The van der Waals surface area contributed by atoms with Crippen LogP contribution in [0.25, 0.3) is 0 Å². The fourth-order valence-electron chi connectivity index (χ4n) is 4.52. The molecule has 2 fully saturated rings. The van der Waals surface area contributed by atoms with Crippen molar-refractivity contribution in [2.45, 2.75) is 57.9 Å². The van der Waals surface area contributed by atoms with Crippen molar-refractivity contribution in [3.8, 4) is 0 Å². The first-order chi connectivity index (χ1) is 13.5. The van der Waals surface area contributed by atoms with Crippen LogP contribution in [-0.2, 0) is 11.2 Å². The molecule has 1 aromatic heterocycles. The first-order valence-electron chi connectivity index (χ1n) is 10.9. The van der Waals surface area contributed by atoms with Gasteiger partial charge in [-0.25, -0.2) is 0 Å². The molecule has 3 heterocycles. The SMILES string of the molecule is CCc1ccc(C(=O)N2CCC[C@@H](CCC(=O)N(C)C3CCN(C)CC3)C2)[nH]1. The summed E-state index contributed by atoms with van der Waals surface area (Å²) < 4.78 is 0. The van der Waals surface area contributed by atoms with Crippen molar-refractivity contribution >= 4 is 11.8 Å². The minimum Gasteiger partial charge on any atom is -0.354 e. The number of hydrogen-bond donors (Lipinski definition) is 1. The molecular formula is C22H36N4O2. The van der Waals surface area contributed by atoms with Gasteiger partial charge < -0.3 is 19.7 Å². The number of nitrogens with one attached hydrogen (secondary N) is 1. The second kappa shape index (κ2) is 9.59. The van der Waals surface area contributed by atoms with Crippen LogP contribution in [0.5, 0.6) is 0 Å². The number of hydrogen-bond acceptors (Lipinski definition) is 3. The Bertz CT molecular complexity index is 663. The Kier molecular flexibility index (Phi) is 7.16. The monoisotopic (exact) mass is 388 g/mol. The van der Waals surface area contributed by atoms with E-state index in [-0.39, 0.29) is 11.8 Å². The first-order valence-corrected chi connectivity index (χ1v) is 10.9. The lowest BCUT2D eigenvalue weighted by atomic mass is 9.92. The molecule has 156 valence electrons. The van der Waals surface area contributed by atoms with Crippen LogP contribution in [0, 0.1) is 5.92 Å². The molecule has 2 aliphatic rings. The third-order valence-electron chi connectivity index (χ3n) is 6.56. The van der Waals surface area contributed by atoms with Crippen molar-refractivity contribution < 1.29 is 9.59 Å². The molecule has 6 heteroatoms. The number of H-pyrrole nitrogens is 1. The van der Waals surface area contributed by atoms with Crippen molar-refractivity contribution in [3.05, 3.63) is 23.5 Å². The van der Waals surface area contributed by atoms with Crippen LogP contribution in [0.3, 0.4) is 0 Å². The van der Waals surface area contributed by atoms with Crippen molar-refractivity contribution in [3.63, 3.8) is 0 Å². The van der Waals surface area contributed by atoms with Gasteiger partial charge >= 0.3 is 0 Å². The van der Waals surface area contributed by atoms with Crippen LogP contribution >= 0.6 is 0 Å². The van der Waals surface area contributed by atoms with Gasteiger partial charge in [0.05, 0.1) is 0 Å². The number of aryl methyl sites for hydroxylation is 1. The second-order valence-corrected chi connectivity index (χ2v) is 8.59. The molecule has 1 aromatic rings. The summed E-state index contributed by atoms with van der Waals surface area (Å²) in [6.07, 6.45) is 6.66. The summed E-state index contributed by atoms with van der Waals surface area (Å²) >= 11 is 0. The summed E-state index contributed by atoms with van der Waals surface area (Å²) in [6.45, 7) is 5.81. The van der Waals surface area contributed by atoms with E-state index >= 15 is 0 Å². The van der Waals surface area contributed by atoms with E-state index in [1.54, 1.807) is 0 Å². The van der Waals surface area contributed by atoms with Crippen molar-refractivity contribution in [2.75, 3.05) is 40.3 Å². The molecule has 0 saturated carbocycles. The lowest BCUT2D eigenvalue weighted by molar-refractivity contribution is -0.133. The highest BCUT2D eigenvalue weighted by atomic mass is 16.2. The number of rotatable bonds is 6. The molecule has 6 nitrogen and oxygen atoms in total. The fraction of sp³-hybridized carbons (Fsp3) is 0.727. The Morgan fingerprint density at radius 3 is 2.61 bits per heavy atom. The lowest BCUT2D eigenvalue weighted by Crippen LogP contribution is -2.45. The quantitative estimate of drug-likeness (QED) is 0.815. The molecule has 1 atom stereocenters. The van der Waals surface area contributed by atoms with Gasteiger partial charge in [0.1, 0.15) is 5.69 Å². The topological polar surface area (TPSA) is 59.7 Å². The maximum Gasteiger partial charge on any atom is 0.270 e. The Morgan fingerprint density at radius 2 is 1.93 bits per heavy atom. The molecular weight excluding hydrogens is 352 g/mol. The highest BCUT2D eigenvalue weighted by Gasteiger charge is 2.27. The highest BCUT2D eigenvalue weighted by Crippen LogP contribution is 2.24. The van der Waals surface area contributed by atoms with E-state index in [1.165, 1.54) is 0 Å². The number of piperidine rings is 2. The van der Waals surface area contributed by atoms with Crippen LogP contribution in [0.1, 0.15) is 61.6 Å². The molecule has 0 spiro atoms. The van der Waals surface area contributed by atoms with Crippen LogP contribution < -0.4 is 0 Å². The number of aromatic amines is 1. The van der Waals surface area contributed by atoms with Gasteiger partial charge in [0.2, 0.25) is 5.91 Å². The van der Waals surface area contributed by atoms with E-state index in [9.17, 15) is 9.59 Å². The zero-order valence-corrected chi connectivity index (χ0v) is 17.7. The molecule has 0 bridgehead atoms. The molecule has 2 aliphatic heterocycles. The first kappa shape index (κ1) is 20.9. The van der Waals surface area contributed by atoms with E-state index in [0.29, 0.717) is 24.1 Å². The van der Waals surface area contributed by atoms with Crippen LogP contribution in [0.4, 0.5) is 0 Å². The summed E-state index contributed by atoms with van der Waals surface area (Å²) in [6, 6.07) is 4.27. The van der Waals surface area contributed by atoms with Gasteiger partial charge in [-0.3, -0.25) is 9.59 Å². The van der Waals surface area contributed by atoms with E-state index in [4.69, 9.17) is 0 Å². The Morgan fingerprint density at radius 1 is 1.18 bits per heavy atom. The molecule has 0 unspecified atom stereocenters. The number of amides is 2. The molecule has 2 saturated heterocycles. The van der Waals surface area contributed by atoms with Gasteiger partial charge in [-0.1, -0.05) is 6.92 Å². The van der Waals surface area contributed by atoms with Gasteiger partial charge in [-0.05, 0) is 76.7 Å². The fourth-order valence-corrected chi connectivity index (χ4v) is 4.52. The highest BCUT2D eigenvalue weighted by molar-refractivity contribution is 5.92. The van der Waals surface area contributed by atoms with Gasteiger partial charge in [-0.15, -0.1) is 0 Å². The average Bonchev–Trinajstić information content (AvgIpc) is 3.21. The molecule has 2 amide bonds. The smallest absolute Gasteiger partial charge is 0.270 e. The predicted octanol–water partition coefficient (Wildman–Crippen LogP) is 2.76. The maximum atomic E-state index is 12.8. The van der Waals surface area contributed by atoms with Crippen LogP contribution in [0.15, 0.2) is 12.1 Å². The van der Waals surface area contributed by atoms with E-state index in [1.807, 2.05) is 29.0 Å². The Balaban J connectivity index is 1.46. The molecule has 0 radical (unpaired) electrons. The number of aromatic nitrogens is 1. The van der Waals surface area contributed by atoms with E-state index < -0.39 is 0 Å². The van der Waals surface area contributed by atoms with Gasteiger partial charge in [-0.2, -0.15) is 0 Å². The summed E-state index contributed by atoms with van der Waals surface area (Å²) in [5, 5.41) is 0. The molecule has 28 heavy (non-hydrogen) atoms. The summed E-state index contributed by atoms with van der Waals surface area (Å²) in [5.41, 5.74) is 1.79. The molecule has 3 rings (SSSR count). The molecule has 0 aliphatic carbocycles. The lowest BCUT2D eigenvalue weighted by Gasteiger charge is -2.36. The molecule has 0 aromatic carbocycles. The average molecular weight is 389 g/mol. The third kappa shape index (κ3) is 5.16. The zero-order valence-electron chi connectivity index (χ0n) is 17.7. The van der Waals surface area contributed by atoms with Crippen LogP contribution in [-0.4, -0.2) is 77.8 Å². The summed E-state index contributed by atoms with van der Waals surface area (Å²) in [7, 11) is 4.11. The van der Waals surface area contributed by atoms with Crippen molar-refractivity contribution in [1.29, 1.82) is 0 Å². The largest absolute Gasteiger partial charge is 0.354 e.